The minimum atomic E-state index is -1.03. The van der Waals surface area contributed by atoms with Gasteiger partial charge in [0.05, 0.1) is 17.7 Å². The molecule has 2 aromatic heterocycles. The van der Waals surface area contributed by atoms with E-state index in [4.69, 9.17) is 4.74 Å². The number of fused-ring (bicyclic) bond motifs is 2. The van der Waals surface area contributed by atoms with E-state index in [0.717, 1.165) is 17.4 Å². The van der Waals surface area contributed by atoms with Crippen molar-refractivity contribution in [1.29, 1.82) is 0 Å². The maximum Gasteiger partial charge on any atom is 0.333 e. The smallest absolute Gasteiger partial charge is 0.333 e. The van der Waals surface area contributed by atoms with Crippen molar-refractivity contribution in [3.05, 3.63) is 51.4 Å². The molecule has 12 nitrogen and oxygen atoms in total. The Labute approximate surface area is 198 Å². The van der Waals surface area contributed by atoms with Crippen LogP contribution in [0.3, 0.4) is 0 Å². The molecule has 182 valence electrons. The molecule has 3 aromatic rings. The predicted molar refractivity (Wildman–Crippen MR) is 125 cm³/mol. The van der Waals surface area contributed by atoms with E-state index in [0.29, 0.717) is 24.2 Å². The van der Waals surface area contributed by atoms with Crippen molar-refractivity contribution in [2.45, 2.75) is 37.8 Å². The van der Waals surface area contributed by atoms with Crippen LogP contribution in [-0.2, 0) is 39.8 Å². The summed E-state index contributed by atoms with van der Waals surface area (Å²) < 4.78 is 8.57. The number of amides is 2. The highest BCUT2D eigenvalue weighted by Gasteiger charge is 2.52. The summed E-state index contributed by atoms with van der Waals surface area (Å²) in [5.41, 5.74) is -1.03. The number of carbonyl (C=O) groups excluding carboxylic acids is 3. The molecule has 5 rings (SSSR count). The largest absolute Gasteiger partial charge is 0.454 e. The van der Waals surface area contributed by atoms with Crippen LogP contribution >= 0.6 is 0 Å². The number of nitrogens with one attached hydrogen (secondary N) is 1. The lowest BCUT2D eigenvalue weighted by molar-refractivity contribution is -0.149. The average Bonchev–Trinajstić information content (AvgIpc) is 3.48. The number of ether oxygens (including phenoxy) is 1. The third-order valence-corrected chi connectivity index (χ3v) is 6.77. The number of aromatic nitrogens is 4. The van der Waals surface area contributed by atoms with Crippen LogP contribution in [0.5, 0.6) is 0 Å². The van der Waals surface area contributed by atoms with Gasteiger partial charge in [0.25, 0.3) is 17.4 Å². The molecule has 0 radical (unpaired) electrons. The van der Waals surface area contributed by atoms with Gasteiger partial charge in [-0.25, -0.2) is 14.3 Å². The Balaban J connectivity index is 1.39. The second-order valence-electron chi connectivity index (χ2n) is 8.86. The van der Waals surface area contributed by atoms with Crippen LogP contribution in [0.25, 0.3) is 11.2 Å². The number of aryl methyl sites for hydroxylation is 2. The lowest BCUT2D eigenvalue weighted by atomic mass is 9.90. The van der Waals surface area contributed by atoms with Crippen molar-refractivity contribution in [2.24, 2.45) is 14.1 Å². The summed E-state index contributed by atoms with van der Waals surface area (Å²) in [4.78, 5) is 69.8. The Morgan fingerprint density at radius 1 is 1.11 bits per heavy atom. The minimum Gasteiger partial charge on any atom is -0.454 e. The fourth-order valence-electron chi connectivity index (χ4n) is 5.05. The van der Waals surface area contributed by atoms with E-state index in [1.54, 1.807) is 31.3 Å². The van der Waals surface area contributed by atoms with Crippen LogP contribution in [0.2, 0.25) is 0 Å². The summed E-state index contributed by atoms with van der Waals surface area (Å²) >= 11 is 0. The standard InChI is InChI=1S/C23H24N6O6/c1-26-13-24-19-18(26)20(32)28(22(34)27(19)2)11-17(31)35-12-16(30)29-15-8-4-3-7-14(15)25-21(33)23(29)9-5-6-10-23/h3-4,7-8,13H,5-6,9-12H2,1-2H3,(H,25,33). The average molecular weight is 480 g/mol. The number of benzene rings is 1. The Bertz CT molecular complexity index is 1490. The van der Waals surface area contributed by atoms with Crippen molar-refractivity contribution in [1.82, 2.24) is 18.7 Å². The molecule has 0 unspecified atom stereocenters. The molecule has 0 saturated heterocycles. The first kappa shape index (κ1) is 22.6. The van der Waals surface area contributed by atoms with Crippen LogP contribution < -0.4 is 21.5 Å². The third kappa shape index (κ3) is 3.44. The lowest BCUT2D eigenvalue weighted by Gasteiger charge is -2.44. The Morgan fingerprint density at radius 3 is 2.57 bits per heavy atom. The third-order valence-electron chi connectivity index (χ3n) is 6.77. The second-order valence-corrected chi connectivity index (χ2v) is 8.86. The number of para-hydroxylation sites is 2. The number of hydrogen-bond acceptors (Lipinski definition) is 7. The highest BCUT2D eigenvalue weighted by atomic mass is 16.5. The molecule has 0 bridgehead atoms. The monoisotopic (exact) mass is 480 g/mol. The van der Waals surface area contributed by atoms with E-state index in [-0.39, 0.29) is 17.1 Å². The zero-order valence-corrected chi connectivity index (χ0v) is 19.3. The normalized spacial score (nSPS) is 16.4. The van der Waals surface area contributed by atoms with Crippen LogP contribution in [-0.4, -0.2) is 48.6 Å². The molecule has 3 heterocycles. The summed E-state index contributed by atoms with van der Waals surface area (Å²) in [7, 11) is 3.05. The summed E-state index contributed by atoms with van der Waals surface area (Å²) in [5, 5.41) is 2.89. The molecule has 35 heavy (non-hydrogen) atoms. The molecule has 1 aliphatic carbocycles. The van der Waals surface area contributed by atoms with Gasteiger partial charge in [0.15, 0.2) is 17.8 Å². The Morgan fingerprint density at radius 2 is 1.83 bits per heavy atom. The fourth-order valence-corrected chi connectivity index (χ4v) is 5.05. The van der Waals surface area contributed by atoms with Gasteiger partial charge >= 0.3 is 11.7 Å². The maximum atomic E-state index is 13.3. The number of imidazole rings is 1. The van der Waals surface area contributed by atoms with Gasteiger partial charge in [0, 0.05) is 14.1 Å². The van der Waals surface area contributed by atoms with Gasteiger partial charge in [0.2, 0.25) is 0 Å². The molecule has 0 atom stereocenters. The quantitative estimate of drug-likeness (QED) is 0.529. The summed E-state index contributed by atoms with van der Waals surface area (Å²) in [5.74, 6) is -1.73. The zero-order valence-electron chi connectivity index (χ0n) is 19.3. The van der Waals surface area contributed by atoms with E-state index in [2.05, 4.69) is 10.3 Å². The van der Waals surface area contributed by atoms with E-state index in [1.165, 1.54) is 27.4 Å². The topological polar surface area (TPSA) is 138 Å². The Hall–Kier alpha value is -4.22. The van der Waals surface area contributed by atoms with Gasteiger partial charge in [0.1, 0.15) is 12.1 Å². The van der Waals surface area contributed by atoms with E-state index in [9.17, 15) is 24.0 Å². The summed E-state index contributed by atoms with van der Waals surface area (Å²) in [6.07, 6.45) is 3.99. The molecule has 12 heteroatoms. The molecule has 1 fully saturated rings. The number of anilines is 2. The number of esters is 1. The summed E-state index contributed by atoms with van der Waals surface area (Å²) in [6, 6.07) is 6.97. The highest BCUT2D eigenvalue weighted by molar-refractivity contribution is 6.15. The molecule has 1 N–H and O–H groups in total. The van der Waals surface area contributed by atoms with Crippen LogP contribution in [0.15, 0.2) is 40.2 Å². The molecule has 1 saturated carbocycles. The van der Waals surface area contributed by atoms with Crippen molar-refractivity contribution in [3.8, 4) is 0 Å². The zero-order chi connectivity index (χ0) is 24.9. The van der Waals surface area contributed by atoms with E-state index >= 15 is 0 Å². The molecule has 2 amide bonds. The first-order valence-electron chi connectivity index (χ1n) is 11.2. The van der Waals surface area contributed by atoms with Crippen LogP contribution in [0, 0.1) is 0 Å². The van der Waals surface area contributed by atoms with Gasteiger partial charge in [-0.15, -0.1) is 0 Å². The number of nitrogens with zero attached hydrogens (tertiary/aromatic N) is 5. The minimum absolute atomic E-state index is 0.162. The van der Waals surface area contributed by atoms with Crippen LogP contribution in [0.1, 0.15) is 25.7 Å². The molecule has 1 aliphatic heterocycles. The predicted octanol–water partition coefficient (Wildman–Crippen LogP) is 0.275. The lowest BCUT2D eigenvalue weighted by Crippen LogP contribution is -2.61. The van der Waals surface area contributed by atoms with Gasteiger partial charge in [-0.3, -0.25) is 28.6 Å². The molecule has 1 spiro atoms. The molecule has 1 aromatic carbocycles. The second kappa shape index (κ2) is 8.22. The van der Waals surface area contributed by atoms with Gasteiger partial charge < -0.3 is 14.6 Å². The van der Waals surface area contributed by atoms with E-state index < -0.39 is 41.8 Å². The maximum absolute atomic E-state index is 13.3. The first-order valence-corrected chi connectivity index (χ1v) is 11.2. The number of carbonyl (C=O) groups is 3. The number of rotatable bonds is 4. The van der Waals surface area contributed by atoms with Crippen molar-refractivity contribution >= 4 is 40.3 Å². The first-order chi connectivity index (χ1) is 16.7. The summed E-state index contributed by atoms with van der Waals surface area (Å²) in [6.45, 7) is -1.30. The fraction of sp³-hybridized carbons (Fsp3) is 0.391. The highest BCUT2D eigenvalue weighted by Crippen LogP contribution is 2.45. The van der Waals surface area contributed by atoms with Crippen molar-refractivity contribution in [2.75, 3.05) is 16.8 Å². The van der Waals surface area contributed by atoms with Gasteiger partial charge in [-0.2, -0.15) is 0 Å². The van der Waals surface area contributed by atoms with E-state index in [1.807, 2.05) is 0 Å². The molecule has 2 aliphatic rings. The van der Waals surface area contributed by atoms with Gasteiger partial charge in [-0.05, 0) is 25.0 Å². The Kier molecular flexibility index (Phi) is 5.30. The van der Waals surface area contributed by atoms with Crippen molar-refractivity contribution in [3.63, 3.8) is 0 Å². The van der Waals surface area contributed by atoms with Crippen LogP contribution in [0.4, 0.5) is 11.4 Å². The SMILES string of the molecule is Cn1cnc2c1c(=O)n(CC(=O)OCC(=O)N1c3ccccc3NC(=O)C13CCCC3)c(=O)n2C. The molecular weight excluding hydrogens is 456 g/mol. The van der Waals surface area contributed by atoms with Gasteiger partial charge in [-0.1, -0.05) is 25.0 Å². The molecular formula is C23H24N6O6. The number of hydrogen-bond donors (Lipinski definition) is 1. The van der Waals surface area contributed by atoms with Crippen molar-refractivity contribution < 1.29 is 19.1 Å².